The van der Waals surface area contributed by atoms with E-state index in [4.69, 9.17) is 5.73 Å². The molecule has 0 saturated carbocycles. The Labute approximate surface area is 115 Å². The van der Waals surface area contributed by atoms with Crippen LogP contribution in [0.5, 0.6) is 0 Å². The van der Waals surface area contributed by atoms with Crippen LogP contribution in [0.4, 0.5) is 17.1 Å². The second kappa shape index (κ2) is 5.11. The Bertz CT molecular complexity index is 471. The molecule has 1 amide bonds. The lowest BCUT2D eigenvalue weighted by Gasteiger charge is -2.24. The van der Waals surface area contributed by atoms with E-state index in [9.17, 15) is 4.79 Å². The van der Waals surface area contributed by atoms with Crippen LogP contribution in [0.25, 0.3) is 0 Å². The fraction of sp³-hybridized carbons (Fsp3) is 0.533. The SMILES string of the molecule is CC(C)(C)C(=O)Nc1cc(N)ccc1N1CCCC1. The van der Waals surface area contributed by atoms with Crippen LogP contribution < -0.4 is 16.0 Å². The van der Waals surface area contributed by atoms with Gasteiger partial charge in [0.25, 0.3) is 0 Å². The van der Waals surface area contributed by atoms with E-state index in [2.05, 4.69) is 10.2 Å². The van der Waals surface area contributed by atoms with Gasteiger partial charge in [-0.1, -0.05) is 20.8 Å². The Balaban J connectivity index is 2.27. The summed E-state index contributed by atoms with van der Waals surface area (Å²) < 4.78 is 0. The highest BCUT2D eigenvalue weighted by Gasteiger charge is 2.23. The number of nitrogens with two attached hydrogens (primary N) is 1. The minimum absolute atomic E-state index is 0.0125. The van der Waals surface area contributed by atoms with E-state index in [-0.39, 0.29) is 5.91 Å². The summed E-state index contributed by atoms with van der Waals surface area (Å²) in [6.07, 6.45) is 2.41. The molecule has 1 fully saturated rings. The molecule has 0 aromatic heterocycles. The summed E-state index contributed by atoms with van der Waals surface area (Å²) >= 11 is 0. The molecule has 2 rings (SSSR count). The van der Waals surface area contributed by atoms with Crippen LogP contribution in [-0.2, 0) is 4.79 Å². The summed E-state index contributed by atoms with van der Waals surface area (Å²) in [5.74, 6) is 0.0125. The van der Waals surface area contributed by atoms with Gasteiger partial charge in [-0.25, -0.2) is 0 Å². The van der Waals surface area contributed by atoms with Crippen molar-refractivity contribution in [1.29, 1.82) is 0 Å². The molecule has 19 heavy (non-hydrogen) atoms. The molecule has 1 heterocycles. The number of carbonyl (C=O) groups is 1. The molecule has 0 spiro atoms. The van der Waals surface area contributed by atoms with Gasteiger partial charge in [0.1, 0.15) is 0 Å². The van der Waals surface area contributed by atoms with Crippen molar-refractivity contribution in [2.75, 3.05) is 29.0 Å². The lowest BCUT2D eigenvalue weighted by Crippen LogP contribution is -2.29. The molecule has 104 valence electrons. The maximum Gasteiger partial charge on any atom is 0.229 e. The zero-order valence-electron chi connectivity index (χ0n) is 12.0. The zero-order valence-corrected chi connectivity index (χ0v) is 12.0. The molecule has 1 aliphatic rings. The first-order chi connectivity index (χ1) is 8.88. The number of hydrogen-bond acceptors (Lipinski definition) is 3. The first-order valence-corrected chi connectivity index (χ1v) is 6.84. The van der Waals surface area contributed by atoms with E-state index >= 15 is 0 Å². The molecule has 0 bridgehead atoms. The lowest BCUT2D eigenvalue weighted by molar-refractivity contribution is -0.123. The minimum atomic E-state index is -0.410. The fourth-order valence-corrected chi connectivity index (χ4v) is 2.20. The van der Waals surface area contributed by atoms with Crippen molar-refractivity contribution < 1.29 is 4.79 Å². The van der Waals surface area contributed by atoms with Gasteiger partial charge in [0.2, 0.25) is 5.91 Å². The topological polar surface area (TPSA) is 58.4 Å². The number of benzene rings is 1. The van der Waals surface area contributed by atoms with Gasteiger partial charge < -0.3 is 16.0 Å². The van der Waals surface area contributed by atoms with Crippen LogP contribution in [0.2, 0.25) is 0 Å². The van der Waals surface area contributed by atoms with Gasteiger partial charge in [-0.05, 0) is 31.0 Å². The Morgan fingerprint density at radius 2 is 1.89 bits per heavy atom. The van der Waals surface area contributed by atoms with Gasteiger partial charge in [-0.3, -0.25) is 4.79 Å². The van der Waals surface area contributed by atoms with Crippen molar-refractivity contribution in [3.63, 3.8) is 0 Å². The summed E-state index contributed by atoms with van der Waals surface area (Å²) in [6, 6.07) is 5.73. The highest BCUT2D eigenvalue weighted by Crippen LogP contribution is 2.32. The average molecular weight is 261 g/mol. The van der Waals surface area contributed by atoms with Crippen molar-refractivity contribution in [3.05, 3.63) is 18.2 Å². The third-order valence-electron chi connectivity index (χ3n) is 3.40. The number of nitrogens with zero attached hydrogens (tertiary/aromatic N) is 1. The van der Waals surface area contributed by atoms with E-state index in [1.165, 1.54) is 12.8 Å². The summed E-state index contributed by atoms with van der Waals surface area (Å²) in [5, 5.41) is 3.01. The zero-order chi connectivity index (χ0) is 14.0. The fourth-order valence-electron chi connectivity index (χ4n) is 2.20. The predicted molar refractivity (Wildman–Crippen MR) is 80.4 cm³/mol. The second-order valence-corrected chi connectivity index (χ2v) is 6.17. The van der Waals surface area contributed by atoms with Crippen LogP contribution >= 0.6 is 0 Å². The molecule has 1 aromatic rings. The maximum atomic E-state index is 12.1. The molecular weight excluding hydrogens is 238 g/mol. The molecule has 0 atom stereocenters. The molecule has 1 aromatic carbocycles. The smallest absolute Gasteiger partial charge is 0.229 e. The van der Waals surface area contributed by atoms with E-state index in [0.717, 1.165) is 24.5 Å². The molecule has 0 radical (unpaired) electrons. The van der Waals surface area contributed by atoms with Gasteiger partial charge in [-0.2, -0.15) is 0 Å². The molecular formula is C15H23N3O. The van der Waals surface area contributed by atoms with Gasteiger partial charge in [0, 0.05) is 24.2 Å². The van der Waals surface area contributed by atoms with E-state index in [0.29, 0.717) is 5.69 Å². The van der Waals surface area contributed by atoms with Crippen LogP contribution in [0.15, 0.2) is 18.2 Å². The highest BCUT2D eigenvalue weighted by atomic mass is 16.2. The molecule has 4 heteroatoms. The van der Waals surface area contributed by atoms with E-state index < -0.39 is 5.41 Å². The number of carbonyl (C=O) groups excluding carboxylic acids is 1. The third-order valence-corrected chi connectivity index (χ3v) is 3.40. The molecule has 4 nitrogen and oxygen atoms in total. The van der Waals surface area contributed by atoms with Crippen molar-refractivity contribution >= 4 is 23.0 Å². The summed E-state index contributed by atoms with van der Waals surface area (Å²) in [4.78, 5) is 14.4. The van der Waals surface area contributed by atoms with Gasteiger partial charge in [0.15, 0.2) is 0 Å². The normalized spacial score (nSPS) is 15.6. The predicted octanol–water partition coefficient (Wildman–Crippen LogP) is 2.85. The monoisotopic (exact) mass is 261 g/mol. The number of amides is 1. The standard InChI is InChI=1S/C15H23N3O/c1-15(2,3)14(19)17-12-10-11(16)6-7-13(12)18-8-4-5-9-18/h6-7,10H,4-5,8-9,16H2,1-3H3,(H,17,19). The molecule has 0 aliphatic carbocycles. The maximum absolute atomic E-state index is 12.1. The van der Waals surface area contributed by atoms with Crippen LogP contribution in [0.1, 0.15) is 33.6 Å². The quantitative estimate of drug-likeness (QED) is 0.805. The minimum Gasteiger partial charge on any atom is -0.399 e. The molecule has 1 saturated heterocycles. The van der Waals surface area contributed by atoms with Crippen LogP contribution in [0.3, 0.4) is 0 Å². The van der Waals surface area contributed by atoms with Crippen molar-refractivity contribution in [2.24, 2.45) is 5.41 Å². The second-order valence-electron chi connectivity index (χ2n) is 6.17. The first kappa shape index (κ1) is 13.7. The molecule has 0 unspecified atom stereocenters. The Kier molecular flexibility index (Phi) is 3.69. The van der Waals surface area contributed by atoms with Gasteiger partial charge in [0.05, 0.1) is 11.4 Å². The van der Waals surface area contributed by atoms with Crippen LogP contribution in [-0.4, -0.2) is 19.0 Å². The molecule has 3 N–H and O–H groups in total. The summed E-state index contributed by atoms with van der Waals surface area (Å²) in [6.45, 7) is 7.81. The lowest BCUT2D eigenvalue weighted by atomic mass is 9.95. The largest absolute Gasteiger partial charge is 0.399 e. The third kappa shape index (κ3) is 3.19. The number of anilines is 3. The first-order valence-electron chi connectivity index (χ1n) is 6.84. The van der Waals surface area contributed by atoms with Crippen molar-refractivity contribution in [1.82, 2.24) is 0 Å². The van der Waals surface area contributed by atoms with Crippen molar-refractivity contribution in [2.45, 2.75) is 33.6 Å². The van der Waals surface area contributed by atoms with Gasteiger partial charge >= 0.3 is 0 Å². The van der Waals surface area contributed by atoms with E-state index in [1.807, 2.05) is 39.0 Å². The van der Waals surface area contributed by atoms with Crippen LogP contribution in [0, 0.1) is 5.41 Å². The number of hydrogen-bond donors (Lipinski definition) is 2. The Morgan fingerprint density at radius 1 is 1.26 bits per heavy atom. The Morgan fingerprint density at radius 3 is 2.47 bits per heavy atom. The Hall–Kier alpha value is -1.71. The average Bonchev–Trinajstić information content (AvgIpc) is 2.81. The van der Waals surface area contributed by atoms with Gasteiger partial charge in [-0.15, -0.1) is 0 Å². The number of rotatable bonds is 2. The summed E-state index contributed by atoms with van der Waals surface area (Å²) in [7, 11) is 0. The number of nitrogen functional groups attached to an aromatic ring is 1. The summed E-state index contributed by atoms with van der Waals surface area (Å²) in [5.41, 5.74) is 8.00. The highest BCUT2D eigenvalue weighted by molar-refractivity contribution is 5.98. The van der Waals surface area contributed by atoms with Crippen molar-refractivity contribution in [3.8, 4) is 0 Å². The number of nitrogens with one attached hydrogen (secondary N) is 1. The van der Waals surface area contributed by atoms with E-state index in [1.54, 1.807) is 0 Å². The molecule has 1 aliphatic heterocycles.